The van der Waals surface area contributed by atoms with Gasteiger partial charge in [0, 0.05) is 25.7 Å². The predicted molar refractivity (Wildman–Crippen MR) is 114 cm³/mol. The van der Waals surface area contributed by atoms with Gasteiger partial charge in [-0.15, -0.1) is 0 Å². The molecule has 2 saturated heterocycles. The summed E-state index contributed by atoms with van der Waals surface area (Å²) < 4.78 is 48.6. The molecule has 10 heteroatoms. The van der Waals surface area contributed by atoms with Gasteiger partial charge in [0.1, 0.15) is 18.8 Å². The molecule has 2 aliphatic heterocycles. The standard InChI is InChI=1S/C21H27BrO8S/c1-11-5-7-15(8-6-11)31(25,26)10-16-12(2)28-21-18(16)19(22)20(29-14(4)24)17(30-21)9-27-13(3)23/h5-8,12,16-21H,9-10H2,1-4H3/t12-,16-,17+,18+,19+,20+,21-/m0/s1. The van der Waals surface area contributed by atoms with Crippen LogP contribution in [0, 0.1) is 18.8 Å². The van der Waals surface area contributed by atoms with Crippen LogP contribution in [-0.4, -0.2) is 62.1 Å². The van der Waals surface area contributed by atoms with E-state index < -0.39 is 57.1 Å². The van der Waals surface area contributed by atoms with Gasteiger partial charge in [-0.1, -0.05) is 33.6 Å². The number of hydrogen-bond donors (Lipinski definition) is 0. The summed E-state index contributed by atoms with van der Waals surface area (Å²) in [4.78, 5) is 22.7. The normalized spacial score (nSPS) is 32.9. The smallest absolute Gasteiger partial charge is 0.303 e. The van der Waals surface area contributed by atoms with E-state index >= 15 is 0 Å². The van der Waals surface area contributed by atoms with Crippen molar-refractivity contribution in [3.05, 3.63) is 29.8 Å². The second-order valence-corrected chi connectivity index (χ2v) is 11.1. The molecule has 0 unspecified atom stereocenters. The number of ether oxygens (including phenoxy) is 4. The maximum atomic E-state index is 13.1. The Balaban J connectivity index is 1.84. The highest BCUT2D eigenvalue weighted by molar-refractivity contribution is 9.09. The van der Waals surface area contributed by atoms with E-state index in [-0.39, 0.29) is 23.2 Å². The van der Waals surface area contributed by atoms with E-state index in [1.54, 1.807) is 31.2 Å². The lowest BCUT2D eigenvalue weighted by Crippen LogP contribution is -2.55. The van der Waals surface area contributed by atoms with Gasteiger partial charge in [-0.3, -0.25) is 9.59 Å². The number of alkyl halides is 1. The Morgan fingerprint density at radius 2 is 1.74 bits per heavy atom. The SMILES string of the molecule is CC(=O)OC[C@H]1O[C@@H]2O[C@@H](C)[C@H](CS(=O)(=O)c3ccc(C)cc3)[C@@H]2[C@@H](Br)[C@@H]1OC(C)=O. The summed E-state index contributed by atoms with van der Waals surface area (Å²) in [7, 11) is -3.58. The molecule has 0 spiro atoms. The van der Waals surface area contributed by atoms with E-state index in [1.165, 1.54) is 13.8 Å². The van der Waals surface area contributed by atoms with Gasteiger partial charge in [0.2, 0.25) is 0 Å². The summed E-state index contributed by atoms with van der Waals surface area (Å²) in [6.07, 6.45) is -2.62. The lowest BCUT2D eigenvalue weighted by Gasteiger charge is -2.41. The summed E-state index contributed by atoms with van der Waals surface area (Å²) in [5.74, 6) is -1.91. The highest BCUT2D eigenvalue weighted by atomic mass is 79.9. The van der Waals surface area contributed by atoms with Crippen LogP contribution in [0.3, 0.4) is 0 Å². The summed E-state index contributed by atoms with van der Waals surface area (Å²) >= 11 is 3.61. The fraction of sp³-hybridized carbons (Fsp3) is 0.619. The van der Waals surface area contributed by atoms with Crippen molar-refractivity contribution >= 4 is 37.7 Å². The topological polar surface area (TPSA) is 105 Å². The maximum Gasteiger partial charge on any atom is 0.303 e. The molecular weight excluding hydrogens is 492 g/mol. The summed E-state index contributed by atoms with van der Waals surface area (Å²) in [6.45, 7) is 6.14. The molecule has 2 aliphatic rings. The van der Waals surface area contributed by atoms with E-state index in [9.17, 15) is 18.0 Å². The number of benzene rings is 1. The van der Waals surface area contributed by atoms with Crippen molar-refractivity contribution in [1.29, 1.82) is 0 Å². The molecule has 172 valence electrons. The Hall–Kier alpha value is -1.49. The minimum atomic E-state index is -3.58. The molecular formula is C21H27BrO8S. The first-order chi connectivity index (χ1) is 14.5. The second-order valence-electron chi connectivity index (χ2n) is 8.04. The average Bonchev–Trinajstić information content (AvgIpc) is 2.97. The quantitative estimate of drug-likeness (QED) is 0.417. The van der Waals surface area contributed by atoms with E-state index in [2.05, 4.69) is 15.9 Å². The van der Waals surface area contributed by atoms with Crippen LogP contribution in [0.5, 0.6) is 0 Å². The lowest BCUT2D eigenvalue weighted by molar-refractivity contribution is -0.238. The Labute approximate surface area is 190 Å². The molecule has 1 aromatic carbocycles. The Kier molecular flexibility index (Phi) is 7.45. The molecule has 1 aromatic rings. The van der Waals surface area contributed by atoms with Gasteiger partial charge in [0.15, 0.2) is 16.1 Å². The number of halogens is 1. The van der Waals surface area contributed by atoms with Crippen molar-refractivity contribution in [2.24, 2.45) is 11.8 Å². The van der Waals surface area contributed by atoms with Crippen LogP contribution in [-0.2, 0) is 38.4 Å². The van der Waals surface area contributed by atoms with Crippen LogP contribution in [0.25, 0.3) is 0 Å². The molecule has 0 aliphatic carbocycles. The minimum Gasteiger partial charge on any atom is -0.463 e. The van der Waals surface area contributed by atoms with Gasteiger partial charge in [-0.05, 0) is 26.0 Å². The zero-order chi connectivity index (χ0) is 22.9. The van der Waals surface area contributed by atoms with Crippen molar-refractivity contribution in [3.8, 4) is 0 Å². The summed E-state index contributed by atoms with van der Waals surface area (Å²) in [6, 6.07) is 6.72. The van der Waals surface area contributed by atoms with E-state index in [1.807, 2.05) is 6.92 Å². The van der Waals surface area contributed by atoms with Gasteiger partial charge in [-0.2, -0.15) is 0 Å². The van der Waals surface area contributed by atoms with Crippen LogP contribution in [0.15, 0.2) is 29.2 Å². The lowest BCUT2D eigenvalue weighted by atomic mass is 9.84. The first-order valence-electron chi connectivity index (χ1n) is 10.0. The number of sulfone groups is 1. The number of carbonyl (C=O) groups excluding carboxylic acids is 2. The molecule has 0 N–H and O–H groups in total. The van der Waals surface area contributed by atoms with Crippen molar-refractivity contribution in [1.82, 2.24) is 0 Å². The van der Waals surface area contributed by atoms with E-state index in [0.29, 0.717) is 0 Å². The molecule has 0 saturated carbocycles. The molecule has 2 fully saturated rings. The molecule has 0 radical (unpaired) electrons. The second kappa shape index (κ2) is 9.56. The number of carbonyl (C=O) groups is 2. The van der Waals surface area contributed by atoms with Crippen LogP contribution < -0.4 is 0 Å². The van der Waals surface area contributed by atoms with Crippen molar-refractivity contribution in [2.75, 3.05) is 12.4 Å². The fourth-order valence-corrected chi connectivity index (χ4v) is 6.94. The van der Waals surface area contributed by atoms with E-state index in [4.69, 9.17) is 18.9 Å². The number of aryl methyl sites for hydroxylation is 1. The number of esters is 2. The monoisotopic (exact) mass is 518 g/mol. The molecule has 3 rings (SSSR count). The maximum absolute atomic E-state index is 13.1. The minimum absolute atomic E-state index is 0.108. The van der Waals surface area contributed by atoms with Crippen molar-refractivity contribution < 1.29 is 37.0 Å². The summed E-state index contributed by atoms with van der Waals surface area (Å²) in [5.41, 5.74) is 0.973. The molecule has 31 heavy (non-hydrogen) atoms. The first kappa shape index (κ1) is 24.2. The fourth-order valence-electron chi connectivity index (χ4n) is 4.11. The third-order valence-corrected chi connectivity index (χ3v) is 8.61. The molecule has 0 amide bonds. The Bertz CT molecular complexity index is 916. The van der Waals surface area contributed by atoms with Crippen LogP contribution in [0.2, 0.25) is 0 Å². The Morgan fingerprint density at radius 1 is 1.10 bits per heavy atom. The average molecular weight is 519 g/mol. The highest BCUT2D eigenvalue weighted by Crippen LogP contribution is 2.45. The third-order valence-electron chi connectivity index (χ3n) is 5.66. The van der Waals surface area contributed by atoms with Gasteiger partial charge in [0.05, 0.1) is 21.6 Å². The van der Waals surface area contributed by atoms with Crippen molar-refractivity contribution in [2.45, 2.75) is 62.0 Å². The Morgan fingerprint density at radius 3 is 2.32 bits per heavy atom. The number of rotatable bonds is 6. The van der Waals surface area contributed by atoms with Gasteiger partial charge in [-0.25, -0.2) is 8.42 Å². The van der Waals surface area contributed by atoms with Gasteiger partial charge in [0.25, 0.3) is 0 Å². The van der Waals surface area contributed by atoms with Crippen LogP contribution in [0.4, 0.5) is 0 Å². The molecule has 2 heterocycles. The van der Waals surface area contributed by atoms with Crippen molar-refractivity contribution in [3.63, 3.8) is 0 Å². The van der Waals surface area contributed by atoms with Gasteiger partial charge < -0.3 is 18.9 Å². The van der Waals surface area contributed by atoms with Crippen LogP contribution >= 0.6 is 15.9 Å². The molecule has 7 atom stereocenters. The number of fused-ring (bicyclic) bond motifs is 1. The largest absolute Gasteiger partial charge is 0.463 e. The zero-order valence-electron chi connectivity index (χ0n) is 17.8. The molecule has 0 bridgehead atoms. The summed E-state index contributed by atoms with van der Waals surface area (Å²) in [5, 5.41) is 0. The third kappa shape index (κ3) is 5.47. The van der Waals surface area contributed by atoms with Gasteiger partial charge >= 0.3 is 11.9 Å². The van der Waals surface area contributed by atoms with E-state index in [0.717, 1.165) is 5.56 Å². The predicted octanol–water partition coefficient (Wildman–Crippen LogP) is 2.40. The number of hydrogen-bond acceptors (Lipinski definition) is 8. The highest BCUT2D eigenvalue weighted by Gasteiger charge is 2.56. The van der Waals surface area contributed by atoms with Crippen LogP contribution in [0.1, 0.15) is 26.3 Å². The first-order valence-corrected chi connectivity index (χ1v) is 12.6. The zero-order valence-corrected chi connectivity index (χ0v) is 20.2. The molecule has 8 nitrogen and oxygen atoms in total. The molecule has 0 aromatic heterocycles.